The lowest BCUT2D eigenvalue weighted by atomic mass is 9.77. The van der Waals surface area contributed by atoms with Gasteiger partial charge in [0.1, 0.15) is 40.8 Å². The van der Waals surface area contributed by atoms with Crippen molar-refractivity contribution in [3.63, 3.8) is 0 Å². The molecule has 448 valence electrons. The number of anilines is 2. The number of aliphatic hydroxyl groups excluding tert-OH is 3. The second-order valence-corrected chi connectivity index (χ2v) is 25.5. The van der Waals surface area contributed by atoms with Crippen LogP contribution in [0.5, 0.6) is 17.2 Å². The number of aliphatic hydroxyl groups is 3. The number of aromatic nitrogens is 1. The first-order valence-corrected chi connectivity index (χ1v) is 29.6. The van der Waals surface area contributed by atoms with E-state index >= 15 is 4.79 Å². The smallest absolute Gasteiger partial charge is 0.307 e. The largest absolute Gasteiger partial charge is 0.507 e. The van der Waals surface area contributed by atoms with Crippen LogP contribution in [-0.4, -0.2) is 116 Å². The molecule has 3 aliphatic rings. The number of nitrogens with one attached hydrogen (secondary N) is 1. The number of nitrogens with zero attached hydrogens (tertiary/aromatic N) is 3. The Morgan fingerprint density at radius 1 is 0.940 bits per heavy atom. The van der Waals surface area contributed by atoms with E-state index in [-0.39, 0.29) is 72.6 Å². The van der Waals surface area contributed by atoms with Crippen molar-refractivity contribution in [3.05, 3.63) is 116 Å². The maximum Gasteiger partial charge on any atom is 0.307 e. The van der Waals surface area contributed by atoms with Crippen molar-refractivity contribution in [2.24, 2.45) is 29.6 Å². The van der Waals surface area contributed by atoms with Gasteiger partial charge in [0.25, 0.3) is 12.4 Å². The Morgan fingerprint density at radius 3 is 2.29 bits per heavy atom. The first kappa shape index (κ1) is 62.2. The van der Waals surface area contributed by atoms with Gasteiger partial charge in [-0.05, 0) is 61.8 Å². The van der Waals surface area contributed by atoms with E-state index in [4.69, 9.17) is 28.3 Å². The summed E-state index contributed by atoms with van der Waals surface area (Å²) in [6, 6.07) is 7.24. The van der Waals surface area contributed by atoms with Crippen molar-refractivity contribution in [1.29, 1.82) is 0 Å². The predicted molar refractivity (Wildman–Crippen MR) is 317 cm³/mol. The van der Waals surface area contributed by atoms with Gasteiger partial charge in [0.2, 0.25) is 18.2 Å². The summed E-state index contributed by atoms with van der Waals surface area (Å²) in [7, 11) is -4.04. The van der Waals surface area contributed by atoms with Crippen LogP contribution in [0.1, 0.15) is 86.8 Å². The van der Waals surface area contributed by atoms with Crippen LogP contribution in [0.25, 0.3) is 38.7 Å². The van der Waals surface area contributed by atoms with Gasteiger partial charge in [0.15, 0.2) is 22.4 Å². The summed E-state index contributed by atoms with van der Waals surface area (Å²) in [6.45, 7) is 24.5. The molecule has 0 aliphatic carbocycles. The number of aromatic hydroxyl groups is 1. The maximum absolute atomic E-state index is 15.1. The summed E-state index contributed by atoms with van der Waals surface area (Å²) in [5.74, 6) is -7.09. The molecule has 6 N–H and O–H groups in total. The number of esters is 1. The summed E-state index contributed by atoms with van der Waals surface area (Å²) < 4.78 is 43.2. The highest BCUT2D eigenvalue weighted by atomic mass is 31.2. The van der Waals surface area contributed by atoms with Gasteiger partial charge >= 0.3 is 11.8 Å². The molecule has 4 aromatic carbocycles. The van der Waals surface area contributed by atoms with Gasteiger partial charge in [-0.1, -0.05) is 73.3 Å². The monoisotopic (exact) mass is 1180 g/mol. The molecule has 0 saturated carbocycles. The van der Waals surface area contributed by atoms with Crippen LogP contribution in [0.15, 0.2) is 92.8 Å². The average molecular weight is 1180 g/mol. The molecule has 21 nitrogen and oxygen atoms in total. The number of phenolic OH excluding ortho intramolecular Hbond substituents is 1. The predicted octanol–water partition coefficient (Wildman–Crippen LogP) is 6.81. The molecule has 0 radical (unpaired) electrons. The fourth-order valence-corrected chi connectivity index (χ4v) is 12.6. The Kier molecular flexibility index (Phi) is 17.8. The zero-order chi connectivity index (χ0) is 61.7. The summed E-state index contributed by atoms with van der Waals surface area (Å²) in [6.07, 6.45) is 4.71. The Hall–Kier alpha value is -7.84. The third kappa shape index (κ3) is 11.8. The van der Waals surface area contributed by atoms with Crippen molar-refractivity contribution in [1.82, 2.24) is 9.88 Å². The van der Waals surface area contributed by atoms with E-state index in [0.29, 0.717) is 55.8 Å². The Labute approximate surface area is 485 Å². The molecule has 3 aliphatic heterocycles. The van der Waals surface area contributed by atoms with Crippen LogP contribution in [-0.2, 0) is 38.6 Å². The second-order valence-electron chi connectivity index (χ2n) is 23.2. The number of ether oxygens (including phenoxy) is 4. The molecule has 1 saturated heterocycles. The van der Waals surface area contributed by atoms with Gasteiger partial charge < -0.3 is 68.6 Å². The molecule has 1 amide bonds. The number of benzene rings is 4. The number of fused-ring (bicyclic) bond motifs is 5. The van der Waals surface area contributed by atoms with Gasteiger partial charge in [0.05, 0.1) is 35.2 Å². The maximum atomic E-state index is 15.1. The highest BCUT2D eigenvalue weighted by molar-refractivity contribution is 7.66. The van der Waals surface area contributed by atoms with Crippen molar-refractivity contribution < 1.29 is 72.4 Å². The summed E-state index contributed by atoms with van der Waals surface area (Å²) in [5, 5.41) is 49.5. The van der Waals surface area contributed by atoms with Crippen LogP contribution in [0.2, 0.25) is 0 Å². The first-order valence-electron chi connectivity index (χ1n) is 27.8. The lowest BCUT2D eigenvalue weighted by Gasteiger charge is -2.40. The molecular weight excluding hydrogens is 1100 g/mol. The Balaban J connectivity index is 1.20. The standard InChI is InChI=1S/C62H73N4O17P/c1-31-18-24-80-62(12)59(75)48-46-47(54(73)38(8)57(48)83-62)55(74)51(64-60(76)33(3)15-13-14-32(2)52(71)36(6)53(72)37(7)56(35(31)5)81-39(9)69)58-50(46)63-49-43(70)26-40(27-45(49)82-58)66-21-19-65(20-22-66)34(4)29-61(10,11)42-28-41(84(77,78)25-23-67)16-17-44(42)79-30-68/h13-18,23-24,26-28,30-32,35-37,52-53,56,71-73,75H,4,19-22,25,29H2,1-3,5-12H3,(H,64,76)(H,77,78)/b14-13+,24-18+,33-15-/t31-,32-,35+,36+,37+,52-,53+,56+,62-/m0/s1. The number of hydrogen-bond donors (Lipinski definition) is 6. The van der Waals surface area contributed by atoms with Gasteiger partial charge in [0, 0.05) is 109 Å². The molecule has 8 rings (SSSR count). The molecule has 5 bridgehead atoms. The Bertz CT molecular complexity index is 3830. The average Bonchev–Trinajstić information content (AvgIpc) is 1.38. The number of rotatable bonds is 11. The zero-order valence-corrected chi connectivity index (χ0v) is 49.8. The third-order valence-electron chi connectivity index (χ3n) is 16.9. The van der Waals surface area contributed by atoms with Gasteiger partial charge in [-0.15, -0.1) is 0 Å². The number of aldehydes is 1. The van der Waals surface area contributed by atoms with Crippen LogP contribution < -0.4 is 41.1 Å². The van der Waals surface area contributed by atoms with Crippen molar-refractivity contribution in [3.8, 4) is 17.2 Å². The number of carbonyl (C=O) groups is 4. The van der Waals surface area contributed by atoms with E-state index < -0.39 is 113 Å². The van der Waals surface area contributed by atoms with Crippen LogP contribution in [0, 0.1) is 36.5 Å². The van der Waals surface area contributed by atoms with E-state index in [1.807, 2.05) is 32.6 Å². The summed E-state index contributed by atoms with van der Waals surface area (Å²) >= 11 is 0. The number of phenols is 1. The molecule has 22 heteroatoms. The second kappa shape index (κ2) is 24.0. The minimum Gasteiger partial charge on any atom is -0.507 e. The lowest BCUT2D eigenvalue weighted by molar-refractivity contribution is -0.158. The van der Waals surface area contributed by atoms with Crippen LogP contribution in [0.3, 0.4) is 0 Å². The number of piperazine rings is 1. The number of carbonyl (C=O) groups excluding carboxylic acids is 4. The van der Waals surface area contributed by atoms with Crippen molar-refractivity contribution in [2.75, 3.05) is 42.6 Å². The van der Waals surface area contributed by atoms with Crippen LogP contribution >= 0.6 is 7.37 Å². The summed E-state index contributed by atoms with van der Waals surface area (Å²) in [5.41, 5.74) is -1.75. The van der Waals surface area contributed by atoms with Crippen LogP contribution in [0.4, 0.5) is 11.4 Å². The molecule has 1 fully saturated rings. The van der Waals surface area contributed by atoms with E-state index in [1.165, 1.54) is 64.3 Å². The molecular formula is C62H73N4O17P. The third-order valence-corrected chi connectivity index (χ3v) is 18.6. The van der Waals surface area contributed by atoms with E-state index in [0.717, 1.165) is 0 Å². The van der Waals surface area contributed by atoms with E-state index in [2.05, 4.69) is 16.8 Å². The normalized spacial score (nSPS) is 26.6. The van der Waals surface area contributed by atoms with Gasteiger partial charge in [-0.2, -0.15) is 0 Å². The molecule has 10 atom stereocenters. The molecule has 5 aromatic rings. The minimum absolute atomic E-state index is 0.0278. The Morgan fingerprint density at radius 2 is 1.63 bits per heavy atom. The molecule has 1 aromatic heterocycles. The molecule has 0 spiro atoms. The SMILES string of the molecule is C=C(CC(C)(C)c1cc(P(=O)(O)CC=O)ccc1OC=O)N1CCN(c2cc(=O)c3nc4c(oc3c2)c2c(=O)c3c(O)c(C)c5c(c34)=C(O)[C@@](C)(O/C=C/[C@H](C)[C@@H](C)[C@@H](OC(C)=O)[C@H](C)[C@H](O)[C@H](C)[C@@H](O)[C@@H](C)/C=C/C=C(/C)C(=O)N2)O5)CC1. The lowest BCUT2D eigenvalue weighted by Crippen LogP contribution is -2.46. The molecule has 1 unspecified atom stereocenters. The number of amides is 1. The molecule has 4 heterocycles. The van der Waals surface area contributed by atoms with Gasteiger partial charge in [-0.25, -0.2) is 4.98 Å². The highest BCUT2D eigenvalue weighted by Crippen LogP contribution is 2.45. The van der Waals surface area contributed by atoms with Gasteiger partial charge in [-0.3, -0.25) is 28.5 Å². The quantitative estimate of drug-likeness (QED) is 0.0260. The van der Waals surface area contributed by atoms with E-state index in [1.54, 1.807) is 45.1 Å². The number of allylic oxidation sites excluding steroid dienone is 4. The van der Waals surface area contributed by atoms with Crippen molar-refractivity contribution >= 4 is 87.4 Å². The molecule has 84 heavy (non-hydrogen) atoms. The first-order chi connectivity index (χ1) is 39.5. The minimum atomic E-state index is -4.04. The summed E-state index contributed by atoms with van der Waals surface area (Å²) in [4.78, 5) is 98.3. The van der Waals surface area contributed by atoms with Crippen molar-refractivity contribution in [2.45, 2.75) is 112 Å². The topological polar surface area (TPSA) is 302 Å². The number of hydrogen-bond acceptors (Lipinski definition) is 19. The highest BCUT2D eigenvalue weighted by Gasteiger charge is 2.44. The van der Waals surface area contributed by atoms with E-state index in [9.17, 15) is 53.9 Å². The fraction of sp³-hybridized carbons (Fsp3) is 0.435. The zero-order valence-electron chi connectivity index (χ0n) is 48.9. The fourth-order valence-electron chi connectivity index (χ4n) is 11.5.